The molecule has 5 heteroatoms. The van der Waals surface area contributed by atoms with Crippen molar-refractivity contribution >= 4 is 29.3 Å². The molecule has 0 radical (unpaired) electrons. The van der Waals surface area contributed by atoms with E-state index in [1.54, 1.807) is 0 Å². The molecule has 1 fully saturated rings. The van der Waals surface area contributed by atoms with Gasteiger partial charge in [-0.2, -0.15) is 11.8 Å². The maximum Gasteiger partial charge on any atom is 0.227 e. The molecule has 0 bridgehead atoms. The molecule has 1 saturated heterocycles. The van der Waals surface area contributed by atoms with Crippen LogP contribution in [0.3, 0.4) is 0 Å². The van der Waals surface area contributed by atoms with Gasteiger partial charge in [-0.15, -0.1) is 0 Å². The Morgan fingerprint density at radius 1 is 1.35 bits per heavy atom. The Bertz CT molecular complexity index is 403. The topological polar surface area (TPSA) is 46.3 Å². The Morgan fingerprint density at radius 2 is 1.90 bits per heavy atom. The van der Waals surface area contributed by atoms with Crippen LogP contribution in [0.1, 0.15) is 24.3 Å². The summed E-state index contributed by atoms with van der Waals surface area (Å²) in [6.45, 7) is 2.43. The minimum Gasteiger partial charge on any atom is -0.369 e. The number of benzene rings is 1. The Balaban J connectivity index is 0.000000286. The van der Waals surface area contributed by atoms with Crippen LogP contribution < -0.4 is 5.73 Å². The summed E-state index contributed by atoms with van der Waals surface area (Å²) in [5.74, 6) is 0.922. The summed E-state index contributed by atoms with van der Waals surface area (Å²) in [5, 5.41) is 0.835. The molecule has 1 heterocycles. The van der Waals surface area contributed by atoms with Crippen LogP contribution in [0.25, 0.3) is 0 Å². The van der Waals surface area contributed by atoms with E-state index in [-0.39, 0.29) is 5.91 Å². The molecule has 1 aliphatic heterocycles. The lowest BCUT2D eigenvalue weighted by Crippen LogP contribution is -2.29. The van der Waals surface area contributed by atoms with Crippen LogP contribution in [0, 0.1) is 0 Å². The molecule has 1 amide bonds. The number of hydrogen-bond acceptors (Lipinski definition) is 3. The number of amides is 1. The first-order chi connectivity index (χ1) is 9.52. The highest BCUT2D eigenvalue weighted by Gasteiger charge is 2.17. The predicted molar refractivity (Wildman–Crippen MR) is 88.5 cm³/mol. The molecule has 0 atom stereocenters. The molecule has 2 rings (SSSR count). The summed E-state index contributed by atoms with van der Waals surface area (Å²) < 4.78 is 0. The molecular weight excluding hydrogens is 292 g/mol. The average molecular weight is 315 g/mol. The van der Waals surface area contributed by atoms with Gasteiger partial charge in [-0.3, -0.25) is 4.79 Å². The highest BCUT2D eigenvalue weighted by atomic mass is 35.5. The quantitative estimate of drug-likeness (QED) is 0.933. The number of carbonyl (C=O) groups excluding carboxylic acids is 1. The third kappa shape index (κ3) is 6.64. The highest BCUT2D eigenvalue weighted by Crippen LogP contribution is 2.28. The van der Waals surface area contributed by atoms with E-state index in [1.807, 2.05) is 18.4 Å². The van der Waals surface area contributed by atoms with E-state index < -0.39 is 0 Å². The van der Waals surface area contributed by atoms with Crippen molar-refractivity contribution in [3.05, 3.63) is 34.9 Å². The fourth-order valence-electron chi connectivity index (χ4n) is 2.22. The smallest absolute Gasteiger partial charge is 0.227 e. The van der Waals surface area contributed by atoms with Crippen LogP contribution in [-0.4, -0.2) is 43.0 Å². The van der Waals surface area contributed by atoms with Gasteiger partial charge >= 0.3 is 0 Å². The lowest BCUT2D eigenvalue weighted by molar-refractivity contribution is -0.115. The van der Waals surface area contributed by atoms with Crippen molar-refractivity contribution in [2.75, 3.05) is 32.1 Å². The highest BCUT2D eigenvalue weighted by molar-refractivity contribution is 7.99. The van der Waals surface area contributed by atoms with Crippen LogP contribution in [0.2, 0.25) is 5.02 Å². The molecule has 1 aromatic carbocycles. The number of piperidine rings is 1. The molecule has 0 spiro atoms. The molecular formula is C15H23ClN2OS. The molecule has 112 valence electrons. The van der Waals surface area contributed by atoms with Crippen molar-refractivity contribution in [3.8, 4) is 0 Å². The Labute approximate surface area is 130 Å². The van der Waals surface area contributed by atoms with E-state index in [1.165, 1.54) is 43.3 Å². The van der Waals surface area contributed by atoms with Crippen LogP contribution in [-0.2, 0) is 4.79 Å². The normalized spacial score (nSPS) is 16.4. The fourth-order valence-corrected chi connectivity index (χ4v) is 2.63. The molecule has 0 aromatic heterocycles. The molecule has 20 heavy (non-hydrogen) atoms. The van der Waals surface area contributed by atoms with Crippen LogP contribution in [0.4, 0.5) is 0 Å². The van der Waals surface area contributed by atoms with Gasteiger partial charge in [0, 0.05) is 5.02 Å². The van der Waals surface area contributed by atoms with Gasteiger partial charge in [-0.05, 0) is 62.8 Å². The number of nitrogens with zero attached hydrogens (tertiary/aromatic N) is 1. The molecule has 0 saturated carbocycles. The Kier molecular flexibility index (Phi) is 8.04. The summed E-state index contributed by atoms with van der Waals surface area (Å²) in [5.41, 5.74) is 6.19. The number of thioether (sulfide) groups is 1. The van der Waals surface area contributed by atoms with E-state index >= 15 is 0 Å². The third-order valence-electron chi connectivity index (χ3n) is 3.35. The van der Waals surface area contributed by atoms with E-state index in [9.17, 15) is 4.79 Å². The van der Waals surface area contributed by atoms with Crippen LogP contribution in [0.15, 0.2) is 24.3 Å². The van der Waals surface area contributed by atoms with Gasteiger partial charge in [-0.1, -0.05) is 23.7 Å². The first-order valence-electron chi connectivity index (χ1n) is 6.74. The second-order valence-corrected chi connectivity index (χ2v) is 6.33. The minimum absolute atomic E-state index is 0.248. The fraction of sp³-hybridized carbons (Fsp3) is 0.533. The summed E-state index contributed by atoms with van der Waals surface area (Å²) in [6.07, 6.45) is 4.39. The summed E-state index contributed by atoms with van der Waals surface area (Å²) in [7, 11) is 2.19. The third-order valence-corrected chi connectivity index (χ3v) is 4.17. The number of carbonyl (C=O) groups is 1. The lowest BCUT2D eigenvalue weighted by Gasteiger charge is -2.29. The predicted octanol–water partition coefficient (Wildman–Crippen LogP) is 2.98. The number of likely N-dealkylation sites (tertiary alicyclic amines) is 1. The molecule has 1 aromatic rings. The Morgan fingerprint density at radius 3 is 2.30 bits per heavy atom. The van der Waals surface area contributed by atoms with E-state index in [4.69, 9.17) is 17.3 Å². The first kappa shape index (κ1) is 17.3. The number of hydrogen-bond donors (Lipinski definition) is 1. The van der Waals surface area contributed by atoms with Gasteiger partial charge in [0.15, 0.2) is 0 Å². The van der Waals surface area contributed by atoms with Crippen molar-refractivity contribution in [2.24, 2.45) is 5.73 Å². The van der Waals surface area contributed by atoms with E-state index in [0.717, 1.165) is 10.9 Å². The van der Waals surface area contributed by atoms with Crippen molar-refractivity contribution in [1.29, 1.82) is 0 Å². The van der Waals surface area contributed by atoms with Gasteiger partial charge in [0.25, 0.3) is 0 Å². The van der Waals surface area contributed by atoms with Gasteiger partial charge < -0.3 is 10.6 Å². The molecule has 3 nitrogen and oxygen atoms in total. The van der Waals surface area contributed by atoms with Gasteiger partial charge in [0.05, 0.1) is 5.75 Å². The maximum absolute atomic E-state index is 9.80. The lowest BCUT2D eigenvalue weighted by atomic mass is 9.90. The molecule has 1 aliphatic rings. The van der Waals surface area contributed by atoms with Crippen molar-refractivity contribution in [3.63, 3.8) is 0 Å². The summed E-state index contributed by atoms with van der Waals surface area (Å²) >= 11 is 7.30. The van der Waals surface area contributed by atoms with Crippen LogP contribution in [0.5, 0.6) is 0 Å². The van der Waals surface area contributed by atoms with Gasteiger partial charge in [0.2, 0.25) is 5.91 Å². The first-order valence-corrected chi connectivity index (χ1v) is 8.51. The molecule has 0 aliphatic carbocycles. The maximum atomic E-state index is 9.80. The van der Waals surface area contributed by atoms with Crippen molar-refractivity contribution in [1.82, 2.24) is 4.90 Å². The number of nitrogens with two attached hydrogens (primary N) is 1. The SMILES string of the molecule is CN1CCC(c2ccc(Cl)cc2)CC1.CSCC(N)=O. The zero-order valence-electron chi connectivity index (χ0n) is 12.1. The van der Waals surface area contributed by atoms with Crippen molar-refractivity contribution in [2.45, 2.75) is 18.8 Å². The average Bonchev–Trinajstić information content (AvgIpc) is 2.41. The zero-order chi connectivity index (χ0) is 15.0. The second-order valence-electron chi connectivity index (χ2n) is 5.03. The number of primary amides is 1. The minimum atomic E-state index is -0.248. The standard InChI is InChI=1S/C12H16ClN.C3H7NOS/c1-14-8-6-11(7-9-14)10-2-4-12(13)5-3-10;1-6-2-3(4)5/h2-5,11H,6-9H2,1H3;2H2,1H3,(H2,4,5). The monoisotopic (exact) mass is 314 g/mol. The number of rotatable bonds is 3. The Hall–Kier alpha value is -0.710. The van der Waals surface area contributed by atoms with E-state index in [2.05, 4.69) is 24.1 Å². The largest absolute Gasteiger partial charge is 0.369 e. The zero-order valence-corrected chi connectivity index (χ0v) is 13.7. The number of halogens is 1. The summed E-state index contributed by atoms with van der Waals surface area (Å²) in [6, 6.07) is 8.32. The van der Waals surface area contributed by atoms with Gasteiger partial charge in [0.1, 0.15) is 0 Å². The van der Waals surface area contributed by atoms with E-state index in [0.29, 0.717) is 5.75 Å². The van der Waals surface area contributed by atoms with Gasteiger partial charge in [-0.25, -0.2) is 0 Å². The molecule has 2 N–H and O–H groups in total. The van der Waals surface area contributed by atoms with Crippen molar-refractivity contribution < 1.29 is 4.79 Å². The molecule has 0 unspecified atom stereocenters. The van der Waals surface area contributed by atoms with Crippen LogP contribution >= 0.6 is 23.4 Å². The second kappa shape index (κ2) is 9.27. The summed E-state index contributed by atoms with van der Waals surface area (Å²) in [4.78, 5) is 12.2.